The molecule has 1 aliphatic rings. The van der Waals surface area contributed by atoms with E-state index in [4.69, 9.17) is 4.74 Å². The van der Waals surface area contributed by atoms with Gasteiger partial charge in [0.25, 0.3) is 11.8 Å². The third kappa shape index (κ3) is 2.74. The molecule has 0 saturated heterocycles. The fraction of sp³-hybridized carbons (Fsp3) is 0.333. The number of ether oxygens (including phenoxy) is 1. The summed E-state index contributed by atoms with van der Waals surface area (Å²) in [4.78, 5) is 23.1. The van der Waals surface area contributed by atoms with Crippen molar-refractivity contribution in [2.45, 2.75) is 33.0 Å². The van der Waals surface area contributed by atoms with Crippen molar-refractivity contribution in [1.82, 2.24) is 5.32 Å². The molecule has 1 heterocycles. The van der Waals surface area contributed by atoms with Crippen LogP contribution < -0.4 is 5.32 Å². The van der Waals surface area contributed by atoms with E-state index in [1.807, 2.05) is 37.3 Å². The summed E-state index contributed by atoms with van der Waals surface area (Å²) in [6.45, 7) is 5.36. The molecule has 1 aromatic carbocycles. The van der Waals surface area contributed by atoms with Gasteiger partial charge in [-0.1, -0.05) is 30.3 Å². The van der Waals surface area contributed by atoms with Gasteiger partial charge in [-0.2, -0.15) is 0 Å². The molecular formula is C15H17NO3. The van der Waals surface area contributed by atoms with Crippen LogP contribution in [0.25, 0.3) is 0 Å². The van der Waals surface area contributed by atoms with E-state index in [0.29, 0.717) is 11.1 Å². The van der Waals surface area contributed by atoms with Crippen LogP contribution in [0.15, 0.2) is 41.5 Å². The zero-order valence-corrected chi connectivity index (χ0v) is 11.3. The van der Waals surface area contributed by atoms with Crippen LogP contribution >= 0.6 is 0 Å². The quantitative estimate of drug-likeness (QED) is 0.843. The Morgan fingerprint density at radius 3 is 2.16 bits per heavy atom. The molecule has 0 spiro atoms. The van der Waals surface area contributed by atoms with Crippen LogP contribution in [0.2, 0.25) is 0 Å². The van der Waals surface area contributed by atoms with Crippen molar-refractivity contribution in [1.29, 1.82) is 0 Å². The topological polar surface area (TPSA) is 55.4 Å². The number of benzene rings is 1. The molecule has 4 heteroatoms. The summed E-state index contributed by atoms with van der Waals surface area (Å²) in [5.41, 5.74) is 1.91. The Balaban J connectivity index is 2.12. The van der Waals surface area contributed by atoms with Crippen LogP contribution in [-0.4, -0.2) is 17.9 Å². The Morgan fingerprint density at radius 2 is 1.63 bits per heavy atom. The van der Waals surface area contributed by atoms with Crippen LogP contribution in [0.1, 0.15) is 32.4 Å². The van der Waals surface area contributed by atoms with E-state index in [0.717, 1.165) is 5.56 Å². The van der Waals surface area contributed by atoms with Crippen LogP contribution in [0.4, 0.5) is 0 Å². The van der Waals surface area contributed by atoms with Gasteiger partial charge in [-0.25, -0.2) is 0 Å². The lowest BCUT2D eigenvalue weighted by Gasteiger charge is -2.20. The molecule has 1 aromatic rings. The number of hydrogen-bond donors (Lipinski definition) is 1. The van der Waals surface area contributed by atoms with Crippen molar-refractivity contribution in [3.8, 4) is 0 Å². The molecule has 0 aliphatic carbocycles. The Labute approximate surface area is 112 Å². The summed E-state index contributed by atoms with van der Waals surface area (Å²) < 4.78 is 5.84. The molecule has 4 nitrogen and oxygen atoms in total. The van der Waals surface area contributed by atoms with E-state index in [9.17, 15) is 9.59 Å². The fourth-order valence-electron chi connectivity index (χ4n) is 2.22. The highest BCUT2D eigenvalue weighted by Gasteiger charge is 2.31. The van der Waals surface area contributed by atoms with E-state index in [-0.39, 0.29) is 17.9 Å². The minimum Gasteiger partial charge on any atom is -0.366 e. The second-order valence-electron chi connectivity index (χ2n) is 4.65. The number of rotatable bonds is 4. The maximum absolute atomic E-state index is 11.7. The smallest absolute Gasteiger partial charge is 0.257 e. The highest BCUT2D eigenvalue weighted by molar-refractivity contribution is 6.19. The average molecular weight is 259 g/mol. The monoisotopic (exact) mass is 259 g/mol. The first-order valence-electron chi connectivity index (χ1n) is 6.27. The lowest BCUT2D eigenvalue weighted by Crippen LogP contribution is -2.26. The van der Waals surface area contributed by atoms with Gasteiger partial charge in [0.1, 0.15) is 0 Å². The highest BCUT2D eigenvalue weighted by Crippen LogP contribution is 2.24. The summed E-state index contributed by atoms with van der Waals surface area (Å²) in [6.07, 6.45) is -0.554. The van der Waals surface area contributed by atoms with Gasteiger partial charge in [-0.3, -0.25) is 14.9 Å². The molecule has 19 heavy (non-hydrogen) atoms. The summed E-state index contributed by atoms with van der Waals surface area (Å²) >= 11 is 0. The van der Waals surface area contributed by atoms with E-state index in [1.54, 1.807) is 13.8 Å². The summed E-state index contributed by atoms with van der Waals surface area (Å²) in [7, 11) is 0. The Morgan fingerprint density at radius 1 is 1.00 bits per heavy atom. The molecule has 1 N–H and O–H groups in total. The zero-order valence-electron chi connectivity index (χ0n) is 11.3. The molecule has 0 bridgehead atoms. The second kappa shape index (κ2) is 5.36. The van der Waals surface area contributed by atoms with Crippen LogP contribution in [-0.2, 0) is 14.3 Å². The first kappa shape index (κ1) is 13.5. The van der Waals surface area contributed by atoms with Gasteiger partial charge in [0.2, 0.25) is 0 Å². The van der Waals surface area contributed by atoms with E-state index >= 15 is 0 Å². The van der Waals surface area contributed by atoms with Crippen LogP contribution in [0, 0.1) is 0 Å². The number of amides is 2. The molecule has 2 amide bonds. The molecule has 100 valence electrons. The largest absolute Gasteiger partial charge is 0.366 e. The predicted octanol–water partition coefficient (Wildman–Crippen LogP) is 2.13. The van der Waals surface area contributed by atoms with Crippen molar-refractivity contribution >= 4 is 11.8 Å². The standard InChI is InChI=1S/C15H17NO3/c1-9-13(15(18)16-14(9)17)11(3)19-10(2)12-7-5-4-6-8-12/h4-8,10-11H,1-3H3,(H,16,17,18). The highest BCUT2D eigenvalue weighted by atomic mass is 16.5. The SMILES string of the molecule is CC1=C(C(C)OC(C)c2ccccc2)C(=O)NC1=O. The minimum absolute atomic E-state index is 0.139. The number of carbonyl (C=O) groups excluding carboxylic acids is 2. The molecule has 0 saturated carbocycles. The van der Waals surface area contributed by atoms with Gasteiger partial charge in [0.15, 0.2) is 0 Å². The van der Waals surface area contributed by atoms with Gasteiger partial charge in [0.05, 0.1) is 17.8 Å². The maximum Gasteiger partial charge on any atom is 0.257 e. The van der Waals surface area contributed by atoms with Crippen LogP contribution in [0.5, 0.6) is 0 Å². The molecule has 0 fully saturated rings. The maximum atomic E-state index is 11.7. The number of hydrogen-bond acceptors (Lipinski definition) is 3. The molecule has 0 aromatic heterocycles. The normalized spacial score (nSPS) is 18.5. The molecule has 1 aliphatic heterocycles. The van der Waals surface area contributed by atoms with Crippen molar-refractivity contribution in [2.24, 2.45) is 0 Å². The molecular weight excluding hydrogens is 242 g/mol. The number of carbonyl (C=O) groups is 2. The van der Waals surface area contributed by atoms with Gasteiger partial charge in [-0.15, -0.1) is 0 Å². The first-order valence-corrected chi connectivity index (χ1v) is 6.27. The Bertz CT molecular complexity index is 534. The molecule has 2 unspecified atom stereocenters. The predicted molar refractivity (Wildman–Crippen MR) is 71.3 cm³/mol. The third-order valence-corrected chi connectivity index (χ3v) is 3.30. The fourth-order valence-corrected chi connectivity index (χ4v) is 2.22. The molecule has 2 rings (SSSR count). The Kier molecular flexibility index (Phi) is 3.81. The first-order chi connectivity index (χ1) is 9.00. The summed E-state index contributed by atoms with van der Waals surface area (Å²) in [6, 6.07) is 9.76. The third-order valence-electron chi connectivity index (χ3n) is 3.30. The van der Waals surface area contributed by atoms with Crippen LogP contribution in [0.3, 0.4) is 0 Å². The number of nitrogens with one attached hydrogen (secondary N) is 1. The molecule has 2 atom stereocenters. The minimum atomic E-state index is -0.415. The van der Waals surface area contributed by atoms with E-state index < -0.39 is 6.10 Å². The van der Waals surface area contributed by atoms with E-state index in [1.165, 1.54) is 0 Å². The van der Waals surface area contributed by atoms with Gasteiger partial charge in [0, 0.05) is 5.57 Å². The van der Waals surface area contributed by atoms with Crippen molar-refractivity contribution in [2.75, 3.05) is 0 Å². The average Bonchev–Trinajstić information content (AvgIpc) is 2.64. The van der Waals surface area contributed by atoms with Crippen molar-refractivity contribution in [3.05, 3.63) is 47.0 Å². The van der Waals surface area contributed by atoms with Crippen molar-refractivity contribution in [3.63, 3.8) is 0 Å². The lowest BCUT2D eigenvalue weighted by molar-refractivity contribution is -0.124. The summed E-state index contributed by atoms with van der Waals surface area (Å²) in [5.74, 6) is -0.682. The van der Waals surface area contributed by atoms with Gasteiger partial charge < -0.3 is 4.74 Å². The van der Waals surface area contributed by atoms with E-state index in [2.05, 4.69) is 5.32 Å². The number of imide groups is 1. The van der Waals surface area contributed by atoms with Crippen molar-refractivity contribution < 1.29 is 14.3 Å². The Hall–Kier alpha value is -1.94. The molecule has 0 radical (unpaired) electrons. The van der Waals surface area contributed by atoms with Gasteiger partial charge >= 0.3 is 0 Å². The second-order valence-corrected chi connectivity index (χ2v) is 4.65. The lowest BCUT2D eigenvalue weighted by atomic mass is 10.1. The van der Waals surface area contributed by atoms with Gasteiger partial charge in [-0.05, 0) is 26.3 Å². The zero-order chi connectivity index (χ0) is 14.0. The summed E-state index contributed by atoms with van der Waals surface area (Å²) in [5, 5.41) is 2.28.